The number of hydrogen-bond acceptors (Lipinski definition) is 7. The molecule has 2 aromatic carbocycles. The fraction of sp³-hybridized carbons (Fsp3) is 0.318. The first-order chi connectivity index (χ1) is 16.1. The van der Waals surface area contributed by atoms with Crippen molar-refractivity contribution in [2.45, 2.75) is 29.3 Å². The number of nitrogens with zero attached hydrogens (tertiary/aromatic N) is 6. The zero-order chi connectivity index (χ0) is 22.8. The summed E-state index contributed by atoms with van der Waals surface area (Å²) >= 11 is 1.50. The molecule has 11 heteroatoms. The second-order valence-corrected chi connectivity index (χ2v) is 10.4. The Bertz CT molecular complexity index is 1360. The van der Waals surface area contributed by atoms with E-state index in [-0.39, 0.29) is 4.90 Å². The molecule has 0 amide bonds. The highest BCUT2D eigenvalue weighted by Crippen LogP contribution is 2.26. The number of rotatable bonds is 7. The van der Waals surface area contributed by atoms with Crippen LogP contribution in [0.25, 0.3) is 16.7 Å². The van der Waals surface area contributed by atoms with Crippen LogP contribution in [-0.4, -0.2) is 63.3 Å². The molecular formula is C22H24N6O3S2. The van der Waals surface area contributed by atoms with E-state index in [1.54, 1.807) is 23.1 Å². The summed E-state index contributed by atoms with van der Waals surface area (Å²) in [5.41, 5.74) is 2.54. The van der Waals surface area contributed by atoms with Crippen molar-refractivity contribution in [1.29, 1.82) is 0 Å². The monoisotopic (exact) mass is 484 g/mol. The molecular weight excluding hydrogens is 460 g/mol. The molecule has 2 aromatic heterocycles. The van der Waals surface area contributed by atoms with Crippen LogP contribution in [0.3, 0.4) is 0 Å². The van der Waals surface area contributed by atoms with Gasteiger partial charge in [0, 0.05) is 19.6 Å². The second-order valence-electron chi connectivity index (χ2n) is 7.54. The van der Waals surface area contributed by atoms with Crippen LogP contribution in [0.15, 0.2) is 64.9 Å². The first-order valence-electron chi connectivity index (χ1n) is 10.7. The van der Waals surface area contributed by atoms with Crippen molar-refractivity contribution in [1.82, 2.24) is 28.6 Å². The number of aromatic nitrogens is 5. The fourth-order valence-electron chi connectivity index (χ4n) is 3.87. The fourth-order valence-corrected chi connectivity index (χ4v) is 6.04. The molecule has 0 radical (unpaired) electrons. The molecule has 3 heterocycles. The van der Waals surface area contributed by atoms with Gasteiger partial charge in [-0.3, -0.25) is 0 Å². The number of benzene rings is 2. The summed E-state index contributed by atoms with van der Waals surface area (Å²) in [7, 11) is -3.57. The molecule has 0 unspecified atom stereocenters. The van der Waals surface area contributed by atoms with Crippen molar-refractivity contribution in [3.8, 4) is 5.69 Å². The van der Waals surface area contributed by atoms with Crippen molar-refractivity contribution < 1.29 is 13.2 Å². The van der Waals surface area contributed by atoms with E-state index in [4.69, 9.17) is 9.72 Å². The number of hydrogen-bond donors (Lipinski definition) is 0. The molecule has 1 saturated heterocycles. The highest BCUT2D eigenvalue weighted by atomic mass is 32.2. The van der Waals surface area contributed by atoms with Gasteiger partial charge in [-0.25, -0.2) is 23.1 Å². The van der Waals surface area contributed by atoms with Gasteiger partial charge in [-0.2, -0.15) is 4.31 Å². The van der Waals surface area contributed by atoms with E-state index in [1.807, 2.05) is 36.4 Å². The standard InChI is InChI=1S/C22H24N6O3S2/c1-2-27-20-9-8-18(33(29,30)26-10-12-31-13-11-26)14-19(20)24-21(27)15-32-22-23-16-28(25-22)17-6-4-3-5-7-17/h3-9,14,16H,2,10-13,15H2,1H3. The minimum Gasteiger partial charge on any atom is -0.379 e. The largest absolute Gasteiger partial charge is 0.379 e. The van der Waals surface area contributed by atoms with Crippen molar-refractivity contribution in [2.75, 3.05) is 26.3 Å². The summed E-state index contributed by atoms with van der Waals surface area (Å²) in [5.74, 6) is 1.43. The Kier molecular flexibility index (Phi) is 6.19. The van der Waals surface area contributed by atoms with Crippen molar-refractivity contribution >= 4 is 32.8 Å². The lowest BCUT2D eigenvalue weighted by atomic mass is 10.3. The number of para-hydroxylation sites is 1. The van der Waals surface area contributed by atoms with Crippen LogP contribution < -0.4 is 0 Å². The van der Waals surface area contributed by atoms with Crippen molar-refractivity contribution in [3.05, 3.63) is 60.7 Å². The summed E-state index contributed by atoms with van der Waals surface area (Å²) in [4.78, 5) is 9.42. The lowest BCUT2D eigenvalue weighted by molar-refractivity contribution is 0.0730. The maximum atomic E-state index is 13.0. The Balaban J connectivity index is 1.38. The van der Waals surface area contributed by atoms with Gasteiger partial charge in [-0.1, -0.05) is 30.0 Å². The van der Waals surface area contributed by atoms with E-state index in [0.717, 1.165) is 23.6 Å². The molecule has 172 valence electrons. The average Bonchev–Trinajstić information content (AvgIpc) is 3.47. The van der Waals surface area contributed by atoms with E-state index in [0.29, 0.717) is 42.7 Å². The third-order valence-electron chi connectivity index (χ3n) is 5.54. The van der Waals surface area contributed by atoms with Gasteiger partial charge in [-0.15, -0.1) is 5.10 Å². The maximum Gasteiger partial charge on any atom is 0.243 e. The van der Waals surface area contributed by atoms with Gasteiger partial charge in [0.15, 0.2) is 0 Å². The van der Waals surface area contributed by atoms with E-state index in [9.17, 15) is 8.42 Å². The van der Waals surface area contributed by atoms with Gasteiger partial charge in [0.2, 0.25) is 15.2 Å². The zero-order valence-corrected chi connectivity index (χ0v) is 19.8. The SMILES string of the molecule is CCn1c(CSc2ncn(-c3ccccc3)n2)nc2cc(S(=O)(=O)N3CCOCC3)ccc21. The summed E-state index contributed by atoms with van der Waals surface area (Å²) in [5, 5.41) is 5.20. The molecule has 0 spiro atoms. The number of thioether (sulfide) groups is 1. The normalized spacial score (nSPS) is 15.3. The smallest absolute Gasteiger partial charge is 0.243 e. The maximum absolute atomic E-state index is 13.0. The Morgan fingerprint density at radius 1 is 1.09 bits per heavy atom. The predicted molar refractivity (Wildman–Crippen MR) is 126 cm³/mol. The molecule has 9 nitrogen and oxygen atoms in total. The van der Waals surface area contributed by atoms with Crippen LogP contribution in [0.4, 0.5) is 0 Å². The van der Waals surface area contributed by atoms with Gasteiger partial charge in [0.25, 0.3) is 0 Å². The van der Waals surface area contributed by atoms with Crippen LogP contribution in [0.5, 0.6) is 0 Å². The van der Waals surface area contributed by atoms with Crippen LogP contribution in [-0.2, 0) is 27.1 Å². The topological polar surface area (TPSA) is 95.1 Å². The molecule has 1 aliphatic rings. The number of sulfonamides is 1. The lowest BCUT2D eigenvalue weighted by Crippen LogP contribution is -2.40. The van der Waals surface area contributed by atoms with E-state index >= 15 is 0 Å². The van der Waals surface area contributed by atoms with Gasteiger partial charge in [0.05, 0.1) is 40.6 Å². The molecule has 0 aliphatic carbocycles. The molecule has 1 fully saturated rings. The first-order valence-corrected chi connectivity index (χ1v) is 13.2. The highest BCUT2D eigenvalue weighted by molar-refractivity contribution is 7.98. The number of ether oxygens (including phenoxy) is 1. The number of aryl methyl sites for hydroxylation is 1. The Hall–Kier alpha value is -2.73. The van der Waals surface area contributed by atoms with Crippen LogP contribution in [0.2, 0.25) is 0 Å². The number of morpholine rings is 1. The summed E-state index contributed by atoms with van der Waals surface area (Å²) in [6.45, 7) is 4.36. The number of fused-ring (bicyclic) bond motifs is 1. The molecule has 0 bridgehead atoms. The Labute approximate surface area is 196 Å². The quantitative estimate of drug-likeness (QED) is 0.372. The summed E-state index contributed by atoms with van der Waals surface area (Å²) in [6, 6.07) is 15.0. The summed E-state index contributed by atoms with van der Waals surface area (Å²) < 4.78 is 36.7. The average molecular weight is 485 g/mol. The van der Waals surface area contributed by atoms with Gasteiger partial charge < -0.3 is 9.30 Å². The van der Waals surface area contributed by atoms with E-state index in [2.05, 4.69) is 21.6 Å². The predicted octanol–water partition coefficient (Wildman–Crippen LogP) is 2.95. The third kappa shape index (κ3) is 4.41. The molecule has 5 rings (SSSR count). The lowest BCUT2D eigenvalue weighted by Gasteiger charge is -2.26. The molecule has 33 heavy (non-hydrogen) atoms. The van der Waals surface area contributed by atoms with Gasteiger partial charge >= 0.3 is 0 Å². The van der Waals surface area contributed by atoms with Crippen LogP contribution in [0, 0.1) is 0 Å². The third-order valence-corrected chi connectivity index (χ3v) is 8.29. The van der Waals surface area contributed by atoms with E-state index in [1.165, 1.54) is 16.1 Å². The molecule has 4 aromatic rings. The molecule has 0 saturated carbocycles. The molecule has 0 N–H and O–H groups in total. The highest BCUT2D eigenvalue weighted by Gasteiger charge is 2.27. The van der Waals surface area contributed by atoms with Gasteiger partial charge in [0.1, 0.15) is 12.2 Å². The van der Waals surface area contributed by atoms with Crippen LogP contribution >= 0.6 is 11.8 Å². The second kappa shape index (κ2) is 9.26. The Morgan fingerprint density at radius 2 is 1.88 bits per heavy atom. The zero-order valence-electron chi connectivity index (χ0n) is 18.2. The first kappa shape index (κ1) is 22.1. The Morgan fingerprint density at radius 3 is 2.64 bits per heavy atom. The summed E-state index contributed by atoms with van der Waals surface area (Å²) in [6.07, 6.45) is 1.70. The minimum absolute atomic E-state index is 0.264. The molecule has 1 aliphatic heterocycles. The van der Waals surface area contributed by atoms with Crippen molar-refractivity contribution in [3.63, 3.8) is 0 Å². The van der Waals surface area contributed by atoms with Crippen molar-refractivity contribution in [2.24, 2.45) is 0 Å². The van der Waals surface area contributed by atoms with Crippen LogP contribution in [0.1, 0.15) is 12.7 Å². The van der Waals surface area contributed by atoms with E-state index < -0.39 is 10.0 Å². The minimum atomic E-state index is -3.57. The number of imidazole rings is 1. The van der Waals surface area contributed by atoms with Gasteiger partial charge in [-0.05, 0) is 37.3 Å². The molecule has 0 atom stereocenters.